The van der Waals surface area contributed by atoms with Gasteiger partial charge in [-0.25, -0.2) is 4.39 Å². The number of halogens is 1. The number of carbonyl (C=O) groups excluding carboxylic acids is 1. The van der Waals surface area contributed by atoms with Gasteiger partial charge in [-0.15, -0.1) is 0 Å². The highest BCUT2D eigenvalue weighted by Gasteiger charge is 2.22. The van der Waals surface area contributed by atoms with E-state index in [1.54, 1.807) is 18.3 Å². The van der Waals surface area contributed by atoms with E-state index < -0.39 is 5.92 Å². The fourth-order valence-corrected chi connectivity index (χ4v) is 3.06. The largest absolute Gasteiger partial charge is 0.326 e. The Labute approximate surface area is 152 Å². The van der Waals surface area contributed by atoms with Crippen molar-refractivity contribution in [2.75, 3.05) is 5.32 Å². The second kappa shape index (κ2) is 7.91. The van der Waals surface area contributed by atoms with Crippen molar-refractivity contribution in [1.82, 2.24) is 4.98 Å². The number of amides is 1. The minimum Gasteiger partial charge on any atom is -0.326 e. The molecule has 0 saturated carbocycles. The molecule has 1 amide bonds. The van der Waals surface area contributed by atoms with Crippen molar-refractivity contribution in [2.24, 2.45) is 0 Å². The molecular formula is C22H21FN2O. The summed E-state index contributed by atoms with van der Waals surface area (Å²) >= 11 is 0. The van der Waals surface area contributed by atoms with Crippen molar-refractivity contribution in [3.63, 3.8) is 0 Å². The Morgan fingerprint density at radius 1 is 1.04 bits per heavy atom. The average molecular weight is 348 g/mol. The van der Waals surface area contributed by atoms with E-state index >= 15 is 0 Å². The molecule has 1 N–H and O–H groups in total. The maximum Gasteiger partial charge on any atom is 0.232 e. The molecule has 0 aliphatic heterocycles. The maximum absolute atomic E-state index is 13.3. The number of nitrogens with one attached hydrogen (secondary N) is 1. The Morgan fingerprint density at radius 3 is 2.35 bits per heavy atom. The van der Waals surface area contributed by atoms with Gasteiger partial charge in [-0.1, -0.05) is 24.3 Å². The molecule has 0 fully saturated rings. The van der Waals surface area contributed by atoms with E-state index in [1.807, 2.05) is 44.2 Å². The van der Waals surface area contributed by atoms with E-state index in [9.17, 15) is 9.18 Å². The van der Waals surface area contributed by atoms with Crippen molar-refractivity contribution in [3.8, 4) is 0 Å². The van der Waals surface area contributed by atoms with Gasteiger partial charge in [-0.3, -0.25) is 9.78 Å². The summed E-state index contributed by atoms with van der Waals surface area (Å²) in [5.74, 6) is -0.904. The summed E-state index contributed by atoms with van der Waals surface area (Å²) in [5, 5.41) is 3.00. The zero-order valence-corrected chi connectivity index (χ0v) is 14.9. The third kappa shape index (κ3) is 4.54. The lowest BCUT2D eigenvalue weighted by Crippen LogP contribution is -2.23. The van der Waals surface area contributed by atoms with Crippen LogP contribution in [0.25, 0.3) is 0 Å². The SMILES string of the molecule is Cc1cc(C)cc(NC(=O)C(Cc2ccccn2)c2ccc(F)cc2)c1. The number of benzene rings is 2. The molecule has 1 aromatic heterocycles. The third-order valence-electron chi connectivity index (χ3n) is 4.22. The van der Waals surface area contributed by atoms with Crippen LogP contribution < -0.4 is 5.32 Å². The van der Waals surface area contributed by atoms with Gasteiger partial charge in [0.25, 0.3) is 0 Å². The summed E-state index contributed by atoms with van der Waals surface area (Å²) in [5.41, 5.74) is 4.52. The molecule has 0 saturated heterocycles. The smallest absolute Gasteiger partial charge is 0.232 e. The van der Waals surface area contributed by atoms with Crippen LogP contribution in [-0.2, 0) is 11.2 Å². The van der Waals surface area contributed by atoms with Gasteiger partial charge in [0.1, 0.15) is 5.82 Å². The highest BCUT2D eigenvalue weighted by Crippen LogP contribution is 2.24. The van der Waals surface area contributed by atoms with Gasteiger partial charge >= 0.3 is 0 Å². The summed E-state index contributed by atoms with van der Waals surface area (Å²) in [7, 11) is 0. The monoisotopic (exact) mass is 348 g/mol. The first-order valence-corrected chi connectivity index (χ1v) is 8.56. The quantitative estimate of drug-likeness (QED) is 0.719. The zero-order chi connectivity index (χ0) is 18.5. The molecule has 3 aromatic rings. The minimum absolute atomic E-state index is 0.132. The summed E-state index contributed by atoms with van der Waals surface area (Å²) in [6, 6.07) is 17.6. The number of nitrogens with zero attached hydrogens (tertiary/aromatic N) is 1. The Hall–Kier alpha value is -3.01. The molecular weight excluding hydrogens is 327 g/mol. The lowest BCUT2D eigenvalue weighted by atomic mass is 9.92. The van der Waals surface area contributed by atoms with Crippen molar-refractivity contribution in [2.45, 2.75) is 26.2 Å². The number of hydrogen-bond acceptors (Lipinski definition) is 2. The van der Waals surface area contributed by atoms with Crippen molar-refractivity contribution >= 4 is 11.6 Å². The van der Waals surface area contributed by atoms with Crippen LogP contribution in [0.15, 0.2) is 66.9 Å². The third-order valence-corrected chi connectivity index (χ3v) is 4.22. The molecule has 3 rings (SSSR count). The van der Waals surface area contributed by atoms with E-state index in [1.165, 1.54) is 12.1 Å². The average Bonchev–Trinajstić information content (AvgIpc) is 2.60. The lowest BCUT2D eigenvalue weighted by molar-refractivity contribution is -0.117. The minimum atomic E-state index is -0.452. The molecule has 132 valence electrons. The number of anilines is 1. The van der Waals surface area contributed by atoms with Crippen LogP contribution in [0.5, 0.6) is 0 Å². The van der Waals surface area contributed by atoms with E-state index in [0.717, 1.165) is 28.1 Å². The second-order valence-corrected chi connectivity index (χ2v) is 6.49. The number of rotatable bonds is 5. The normalized spacial score (nSPS) is 11.8. The molecule has 2 aromatic carbocycles. The van der Waals surface area contributed by atoms with Crippen LogP contribution in [-0.4, -0.2) is 10.9 Å². The van der Waals surface area contributed by atoms with E-state index in [0.29, 0.717) is 6.42 Å². The van der Waals surface area contributed by atoms with Gasteiger partial charge in [0, 0.05) is 24.0 Å². The van der Waals surface area contributed by atoms with Gasteiger partial charge in [-0.05, 0) is 66.9 Å². The van der Waals surface area contributed by atoms with Crippen LogP contribution in [0.4, 0.5) is 10.1 Å². The molecule has 0 aliphatic carbocycles. The Bertz CT molecular complexity index is 872. The van der Waals surface area contributed by atoms with E-state index in [2.05, 4.69) is 16.4 Å². The highest BCUT2D eigenvalue weighted by atomic mass is 19.1. The Balaban J connectivity index is 1.88. The van der Waals surface area contributed by atoms with Crippen molar-refractivity contribution < 1.29 is 9.18 Å². The fraction of sp³-hybridized carbons (Fsp3) is 0.182. The summed E-state index contributed by atoms with van der Waals surface area (Å²) in [6.45, 7) is 3.99. The van der Waals surface area contributed by atoms with Crippen molar-refractivity contribution in [1.29, 1.82) is 0 Å². The molecule has 0 bridgehead atoms. The number of carbonyl (C=O) groups is 1. The molecule has 0 radical (unpaired) electrons. The van der Waals surface area contributed by atoms with Gasteiger partial charge in [0.2, 0.25) is 5.91 Å². The Morgan fingerprint density at radius 2 is 1.73 bits per heavy atom. The van der Waals surface area contributed by atoms with Crippen LogP contribution in [0.2, 0.25) is 0 Å². The fourth-order valence-electron chi connectivity index (χ4n) is 3.06. The maximum atomic E-state index is 13.3. The standard InChI is InChI=1S/C22H21FN2O/c1-15-11-16(2)13-20(12-15)25-22(26)21(14-19-5-3-4-10-24-19)17-6-8-18(23)9-7-17/h3-13,21H,14H2,1-2H3,(H,25,26). The first kappa shape index (κ1) is 17.8. The van der Waals surface area contributed by atoms with Crippen LogP contribution in [0.1, 0.15) is 28.3 Å². The van der Waals surface area contributed by atoms with E-state index in [4.69, 9.17) is 0 Å². The molecule has 1 unspecified atom stereocenters. The summed E-state index contributed by atoms with van der Waals surface area (Å²) in [4.78, 5) is 17.3. The van der Waals surface area contributed by atoms with Gasteiger partial charge in [0.05, 0.1) is 5.92 Å². The number of pyridine rings is 1. The summed E-state index contributed by atoms with van der Waals surface area (Å²) in [6.07, 6.45) is 2.15. The van der Waals surface area contributed by atoms with Crippen molar-refractivity contribution in [3.05, 3.63) is 95.1 Å². The molecule has 1 atom stereocenters. The Kier molecular flexibility index (Phi) is 5.42. The number of aryl methyl sites for hydroxylation is 2. The lowest BCUT2D eigenvalue weighted by Gasteiger charge is -2.18. The van der Waals surface area contributed by atoms with Gasteiger partial charge < -0.3 is 5.32 Å². The van der Waals surface area contributed by atoms with Crippen LogP contribution in [0.3, 0.4) is 0 Å². The molecule has 0 spiro atoms. The second-order valence-electron chi connectivity index (χ2n) is 6.49. The topological polar surface area (TPSA) is 42.0 Å². The molecule has 4 heteroatoms. The molecule has 26 heavy (non-hydrogen) atoms. The zero-order valence-electron chi connectivity index (χ0n) is 14.9. The van der Waals surface area contributed by atoms with Gasteiger partial charge in [-0.2, -0.15) is 0 Å². The van der Waals surface area contributed by atoms with E-state index in [-0.39, 0.29) is 11.7 Å². The molecule has 3 nitrogen and oxygen atoms in total. The number of aromatic nitrogens is 1. The predicted molar refractivity (Wildman–Crippen MR) is 102 cm³/mol. The predicted octanol–water partition coefficient (Wildman–Crippen LogP) is 4.80. The van der Waals surface area contributed by atoms with Crippen LogP contribution in [0, 0.1) is 19.7 Å². The first-order valence-electron chi connectivity index (χ1n) is 8.56. The number of hydrogen-bond donors (Lipinski definition) is 1. The molecule has 1 heterocycles. The van der Waals surface area contributed by atoms with Gasteiger partial charge in [0.15, 0.2) is 0 Å². The highest BCUT2D eigenvalue weighted by molar-refractivity contribution is 5.96. The molecule has 0 aliphatic rings. The summed E-state index contributed by atoms with van der Waals surface area (Å²) < 4.78 is 13.3. The first-order chi connectivity index (χ1) is 12.5. The van der Waals surface area contributed by atoms with Crippen LogP contribution >= 0.6 is 0 Å².